The van der Waals surface area contributed by atoms with Crippen LogP contribution in [0.2, 0.25) is 0 Å². The Bertz CT molecular complexity index is 432. The van der Waals surface area contributed by atoms with E-state index < -0.39 is 5.97 Å². The van der Waals surface area contributed by atoms with Crippen LogP contribution in [0.5, 0.6) is 5.75 Å². The number of benzene rings is 1. The molecule has 0 aliphatic heterocycles. The van der Waals surface area contributed by atoms with Gasteiger partial charge in [0, 0.05) is 6.61 Å². The molecule has 0 bridgehead atoms. The zero-order valence-electron chi connectivity index (χ0n) is 12.3. The molecule has 5 heteroatoms. The minimum absolute atomic E-state index is 0.310. The predicted octanol–water partition coefficient (Wildman–Crippen LogP) is 2.50. The van der Waals surface area contributed by atoms with Crippen molar-refractivity contribution in [1.29, 1.82) is 0 Å². The third-order valence-electron chi connectivity index (χ3n) is 2.47. The summed E-state index contributed by atoms with van der Waals surface area (Å²) in [4.78, 5) is 11.8. The lowest BCUT2D eigenvalue weighted by molar-refractivity contribution is 0.0515. The van der Waals surface area contributed by atoms with Crippen molar-refractivity contribution < 1.29 is 19.0 Å². The van der Waals surface area contributed by atoms with Crippen molar-refractivity contribution in [2.24, 2.45) is 5.92 Å². The topological polar surface area (TPSA) is 70.8 Å². The van der Waals surface area contributed by atoms with Crippen LogP contribution in [-0.2, 0) is 9.47 Å². The molecule has 1 rings (SSSR count). The van der Waals surface area contributed by atoms with E-state index in [9.17, 15) is 4.79 Å². The highest BCUT2D eigenvalue weighted by Crippen LogP contribution is 2.27. The molecular weight excluding hydrogens is 258 g/mol. The van der Waals surface area contributed by atoms with Crippen LogP contribution in [0.1, 0.15) is 31.1 Å². The summed E-state index contributed by atoms with van der Waals surface area (Å²) in [6.07, 6.45) is 0. The van der Waals surface area contributed by atoms with Gasteiger partial charge in [0.1, 0.15) is 12.2 Å². The van der Waals surface area contributed by atoms with Gasteiger partial charge in [-0.05, 0) is 25.0 Å². The summed E-state index contributed by atoms with van der Waals surface area (Å²) in [5.41, 5.74) is 6.60. The Balaban J connectivity index is 2.61. The first-order valence-electron chi connectivity index (χ1n) is 6.82. The van der Waals surface area contributed by atoms with Crippen LogP contribution in [0.25, 0.3) is 0 Å². The Morgan fingerprint density at radius 3 is 2.70 bits per heavy atom. The molecule has 0 saturated carbocycles. The van der Waals surface area contributed by atoms with Crippen molar-refractivity contribution in [3.63, 3.8) is 0 Å². The molecular formula is C15H23NO4. The van der Waals surface area contributed by atoms with Crippen molar-refractivity contribution >= 4 is 11.7 Å². The van der Waals surface area contributed by atoms with Gasteiger partial charge in [0.25, 0.3) is 0 Å². The van der Waals surface area contributed by atoms with E-state index in [1.165, 1.54) is 0 Å². The van der Waals surface area contributed by atoms with E-state index in [0.717, 1.165) is 0 Å². The molecule has 0 atom stereocenters. The van der Waals surface area contributed by atoms with Gasteiger partial charge in [0.2, 0.25) is 0 Å². The van der Waals surface area contributed by atoms with Gasteiger partial charge >= 0.3 is 5.97 Å². The third-order valence-corrected chi connectivity index (χ3v) is 2.47. The minimum atomic E-state index is -0.433. The van der Waals surface area contributed by atoms with Gasteiger partial charge in [0.15, 0.2) is 5.75 Å². The van der Waals surface area contributed by atoms with Crippen LogP contribution in [0, 0.1) is 5.92 Å². The van der Waals surface area contributed by atoms with Crippen LogP contribution in [0.15, 0.2) is 18.2 Å². The van der Waals surface area contributed by atoms with E-state index in [-0.39, 0.29) is 0 Å². The number of ether oxygens (including phenoxy) is 3. The Morgan fingerprint density at radius 2 is 2.05 bits per heavy atom. The fourth-order valence-corrected chi connectivity index (χ4v) is 1.61. The fraction of sp³-hybridized carbons (Fsp3) is 0.533. The number of hydrogen-bond acceptors (Lipinski definition) is 5. The first-order chi connectivity index (χ1) is 9.56. The van der Waals surface area contributed by atoms with Crippen molar-refractivity contribution in [2.45, 2.75) is 20.8 Å². The number of para-hydroxylation sites is 1. The van der Waals surface area contributed by atoms with Gasteiger partial charge < -0.3 is 19.9 Å². The minimum Gasteiger partial charge on any atom is -0.488 e. The lowest BCUT2D eigenvalue weighted by atomic mass is 10.2. The summed E-state index contributed by atoms with van der Waals surface area (Å²) in [5, 5.41) is 0. The van der Waals surface area contributed by atoms with E-state index in [2.05, 4.69) is 13.8 Å². The molecule has 0 amide bonds. The number of hydrogen-bond donors (Lipinski definition) is 1. The first kappa shape index (κ1) is 16.3. The lowest BCUT2D eigenvalue weighted by Crippen LogP contribution is -2.14. The average Bonchev–Trinajstić information content (AvgIpc) is 2.39. The molecule has 0 unspecified atom stereocenters. The van der Waals surface area contributed by atoms with Crippen molar-refractivity contribution in [1.82, 2.24) is 0 Å². The molecule has 0 saturated heterocycles. The van der Waals surface area contributed by atoms with Gasteiger partial charge in [0.05, 0.1) is 18.9 Å². The van der Waals surface area contributed by atoms with Gasteiger partial charge in [-0.1, -0.05) is 19.9 Å². The van der Waals surface area contributed by atoms with Crippen molar-refractivity contribution in [2.75, 3.05) is 32.2 Å². The lowest BCUT2D eigenvalue weighted by Gasteiger charge is -2.13. The highest BCUT2D eigenvalue weighted by molar-refractivity contribution is 5.94. The summed E-state index contributed by atoms with van der Waals surface area (Å²) in [6.45, 7) is 7.69. The number of esters is 1. The number of anilines is 1. The molecule has 0 aromatic heterocycles. The molecule has 1 aromatic carbocycles. The predicted molar refractivity (Wildman–Crippen MR) is 78.0 cm³/mol. The molecule has 0 radical (unpaired) electrons. The van der Waals surface area contributed by atoms with Crippen LogP contribution >= 0.6 is 0 Å². The molecule has 0 heterocycles. The maximum absolute atomic E-state index is 11.8. The second-order valence-electron chi connectivity index (χ2n) is 4.76. The summed E-state index contributed by atoms with van der Waals surface area (Å²) < 4.78 is 16.0. The van der Waals surface area contributed by atoms with Crippen molar-refractivity contribution in [3.8, 4) is 5.75 Å². The molecule has 0 spiro atoms. The normalized spacial score (nSPS) is 10.6. The molecule has 0 aliphatic rings. The van der Waals surface area contributed by atoms with E-state index in [1.807, 2.05) is 0 Å². The summed E-state index contributed by atoms with van der Waals surface area (Å²) in [6, 6.07) is 5.02. The first-order valence-corrected chi connectivity index (χ1v) is 6.82. The molecule has 20 heavy (non-hydrogen) atoms. The maximum atomic E-state index is 11.8. The fourth-order valence-electron chi connectivity index (χ4n) is 1.61. The summed E-state index contributed by atoms with van der Waals surface area (Å²) >= 11 is 0. The van der Waals surface area contributed by atoms with Crippen LogP contribution in [-0.4, -0.2) is 32.4 Å². The van der Waals surface area contributed by atoms with E-state index >= 15 is 0 Å². The summed E-state index contributed by atoms with van der Waals surface area (Å²) in [7, 11) is 0. The largest absolute Gasteiger partial charge is 0.488 e. The van der Waals surface area contributed by atoms with Gasteiger partial charge in [-0.25, -0.2) is 4.79 Å². The van der Waals surface area contributed by atoms with Gasteiger partial charge in [-0.15, -0.1) is 0 Å². The Labute approximate surface area is 120 Å². The highest BCUT2D eigenvalue weighted by atomic mass is 16.5. The number of rotatable bonds is 8. The maximum Gasteiger partial charge on any atom is 0.341 e. The average molecular weight is 281 g/mol. The van der Waals surface area contributed by atoms with Crippen LogP contribution < -0.4 is 10.5 Å². The zero-order valence-corrected chi connectivity index (χ0v) is 12.3. The molecule has 1 aromatic rings. The number of carbonyl (C=O) groups excluding carboxylic acids is 1. The van der Waals surface area contributed by atoms with Crippen molar-refractivity contribution in [3.05, 3.63) is 23.8 Å². The smallest absolute Gasteiger partial charge is 0.341 e. The second-order valence-corrected chi connectivity index (χ2v) is 4.76. The molecule has 2 N–H and O–H groups in total. The SMILES string of the molecule is CCOC(=O)c1cccc(N)c1OCCOCC(C)C. The standard InChI is InChI=1S/C15H23NO4/c1-4-19-15(17)12-6-5-7-13(16)14(12)20-9-8-18-10-11(2)3/h5-7,11H,4,8-10,16H2,1-3H3. The van der Waals surface area contributed by atoms with Gasteiger partial charge in [-0.2, -0.15) is 0 Å². The van der Waals surface area contributed by atoms with E-state index in [0.29, 0.717) is 49.3 Å². The Kier molecular flexibility index (Phi) is 6.87. The Morgan fingerprint density at radius 1 is 1.30 bits per heavy atom. The van der Waals surface area contributed by atoms with E-state index in [4.69, 9.17) is 19.9 Å². The van der Waals surface area contributed by atoms with E-state index in [1.54, 1.807) is 25.1 Å². The Hall–Kier alpha value is -1.75. The quantitative estimate of drug-likeness (QED) is 0.450. The molecule has 0 fully saturated rings. The summed E-state index contributed by atoms with van der Waals surface area (Å²) in [5.74, 6) is 0.406. The second kappa shape index (κ2) is 8.43. The number of nitrogen functional groups attached to an aromatic ring is 1. The number of carbonyl (C=O) groups is 1. The molecule has 5 nitrogen and oxygen atoms in total. The zero-order chi connectivity index (χ0) is 15.0. The van der Waals surface area contributed by atoms with Crippen LogP contribution in [0.4, 0.5) is 5.69 Å². The van der Waals surface area contributed by atoms with Crippen LogP contribution in [0.3, 0.4) is 0 Å². The van der Waals surface area contributed by atoms with Gasteiger partial charge in [-0.3, -0.25) is 0 Å². The third kappa shape index (κ3) is 5.09. The molecule has 112 valence electrons. The monoisotopic (exact) mass is 281 g/mol. The number of nitrogens with two attached hydrogens (primary N) is 1. The highest BCUT2D eigenvalue weighted by Gasteiger charge is 2.16. The molecule has 0 aliphatic carbocycles.